The number of ether oxygens (including phenoxy) is 1. The summed E-state index contributed by atoms with van der Waals surface area (Å²) >= 11 is 0. The minimum Gasteiger partial charge on any atom is -0.485 e. The Bertz CT molecular complexity index is 374. The minimum absolute atomic E-state index is 0.527. The van der Waals surface area contributed by atoms with E-state index in [9.17, 15) is 8.78 Å². The first-order chi connectivity index (χ1) is 7.56. The van der Waals surface area contributed by atoms with Crippen LogP contribution in [0.25, 0.3) is 0 Å². The van der Waals surface area contributed by atoms with Gasteiger partial charge >= 0.3 is 0 Å². The highest BCUT2D eigenvalue weighted by Gasteiger charge is 2.23. The Hall–Kier alpha value is -1.32. The van der Waals surface area contributed by atoms with Gasteiger partial charge in [-0.15, -0.1) is 0 Å². The van der Waals surface area contributed by atoms with Crippen LogP contribution in [0.5, 0.6) is 5.75 Å². The average Bonchev–Trinajstić information content (AvgIpc) is 2.25. The Kier molecular flexibility index (Phi) is 2.99. The largest absolute Gasteiger partial charge is 0.485 e. The van der Waals surface area contributed by atoms with Gasteiger partial charge in [0, 0.05) is 13.5 Å². The zero-order valence-corrected chi connectivity index (χ0v) is 9.22. The van der Waals surface area contributed by atoms with Crippen molar-refractivity contribution in [2.45, 2.75) is 25.7 Å². The normalized spacial score (nSPS) is 15.2. The first-order valence-electron chi connectivity index (χ1n) is 5.43. The Balaban J connectivity index is 2.15. The van der Waals surface area contributed by atoms with Crippen LogP contribution in [0.4, 0.5) is 14.5 Å². The standard InChI is InChI=1S/C12H15F2NO/c1-12(13,14)8-16-10-6-2-4-9-5-3-7-15-11(9)10/h2,4,6,15H,3,5,7-8H2,1H3. The summed E-state index contributed by atoms with van der Waals surface area (Å²) in [5, 5.41) is 3.20. The summed E-state index contributed by atoms with van der Waals surface area (Å²) in [6, 6.07) is 5.57. The van der Waals surface area contributed by atoms with Crippen LogP contribution in [0.3, 0.4) is 0 Å². The molecule has 1 aromatic carbocycles. The maximum atomic E-state index is 12.7. The van der Waals surface area contributed by atoms with E-state index in [0.717, 1.165) is 37.6 Å². The lowest BCUT2D eigenvalue weighted by Crippen LogP contribution is -2.22. The van der Waals surface area contributed by atoms with Crippen molar-refractivity contribution in [3.05, 3.63) is 23.8 Å². The molecule has 1 aliphatic rings. The van der Waals surface area contributed by atoms with Gasteiger partial charge in [0.05, 0.1) is 5.69 Å². The van der Waals surface area contributed by atoms with E-state index in [-0.39, 0.29) is 0 Å². The maximum absolute atomic E-state index is 12.7. The lowest BCUT2D eigenvalue weighted by Gasteiger charge is -2.22. The predicted molar refractivity (Wildman–Crippen MR) is 59.4 cm³/mol. The topological polar surface area (TPSA) is 21.3 Å². The summed E-state index contributed by atoms with van der Waals surface area (Å²) in [6.45, 7) is 1.15. The molecule has 0 amide bonds. The quantitative estimate of drug-likeness (QED) is 0.856. The summed E-state index contributed by atoms with van der Waals surface area (Å²) in [5.41, 5.74) is 2.01. The molecular formula is C12H15F2NO. The van der Waals surface area contributed by atoms with Crippen molar-refractivity contribution in [3.63, 3.8) is 0 Å². The van der Waals surface area contributed by atoms with Crippen LogP contribution in [0.1, 0.15) is 18.9 Å². The molecule has 4 heteroatoms. The van der Waals surface area contributed by atoms with Crippen molar-refractivity contribution < 1.29 is 13.5 Å². The van der Waals surface area contributed by atoms with Crippen LogP contribution in [0, 0.1) is 0 Å². The second-order valence-electron chi connectivity index (χ2n) is 4.18. The average molecular weight is 227 g/mol. The molecule has 0 aromatic heterocycles. The molecule has 16 heavy (non-hydrogen) atoms. The molecule has 0 unspecified atom stereocenters. The van der Waals surface area contributed by atoms with Gasteiger partial charge in [0.25, 0.3) is 5.92 Å². The molecule has 0 saturated heterocycles. The fourth-order valence-corrected chi connectivity index (χ4v) is 1.80. The Labute approximate surface area is 93.6 Å². The zero-order chi connectivity index (χ0) is 11.6. The molecule has 0 aliphatic carbocycles. The summed E-state index contributed by atoms with van der Waals surface area (Å²) in [4.78, 5) is 0. The van der Waals surface area contributed by atoms with Gasteiger partial charge in [0.1, 0.15) is 5.75 Å². The molecule has 1 aromatic rings. The Morgan fingerprint density at radius 2 is 2.25 bits per heavy atom. The number of hydrogen-bond donors (Lipinski definition) is 1. The molecule has 0 atom stereocenters. The highest BCUT2D eigenvalue weighted by molar-refractivity contribution is 5.63. The second kappa shape index (κ2) is 4.28. The van der Waals surface area contributed by atoms with Crippen molar-refractivity contribution >= 4 is 5.69 Å². The highest BCUT2D eigenvalue weighted by Crippen LogP contribution is 2.32. The van der Waals surface area contributed by atoms with Crippen molar-refractivity contribution in [1.82, 2.24) is 0 Å². The van der Waals surface area contributed by atoms with E-state index in [1.54, 1.807) is 6.07 Å². The van der Waals surface area contributed by atoms with E-state index in [0.29, 0.717) is 5.75 Å². The van der Waals surface area contributed by atoms with E-state index >= 15 is 0 Å². The van der Waals surface area contributed by atoms with E-state index in [4.69, 9.17) is 4.74 Å². The number of aryl methyl sites for hydroxylation is 1. The van der Waals surface area contributed by atoms with E-state index in [1.807, 2.05) is 12.1 Å². The SMILES string of the molecule is CC(F)(F)COc1cccc2c1NCCC2. The van der Waals surface area contributed by atoms with Crippen molar-refractivity contribution in [2.24, 2.45) is 0 Å². The van der Waals surface area contributed by atoms with Crippen LogP contribution in [-0.2, 0) is 6.42 Å². The molecule has 0 bridgehead atoms. The van der Waals surface area contributed by atoms with Crippen LogP contribution in [0.15, 0.2) is 18.2 Å². The second-order valence-corrected chi connectivity index (χ2v) is 4.18. The number of benzene rings is 1. The van der Waals surface area contributed by atoms with Crippen LogP contribution >= 0.6 is 0 Å². The molecule has 0 spiro atoms. The van der Waals surface area contributed by atoms with Gasteiger partial charge in [-0.1, -0.05) is 12.1 Å². The first kappa shape index (κ1) is 11.2. The van der Waals surface area contributed by atoms with Gasteiger partial charge in [0.15, 0.2) is 6.61 Å². The number of halogens is 2. The molecule has 1 aliphatic heterocycles. The van der Waals surface area contributed by atoms with E-state index in [2.05, 4.69) is 5.32 Å². The number of hydrogen-bond acceptors (Lipinski definition) is 2. The Morgan fingerprint density at radius 1 is 1.44 bits per heavy atom. The lowest BCUT2D eigenvalue weighted by atomic mass is 10.0. The minimum atomic E-state index is -2.79. The molecule has 0 radical (unpaired) electrons. The summed E-state index contributed by atoms with van der Waals surface area (Å²) < 4.78 is 30.5. The molecule has 2 nitrogen and oxygen atoms in total. The molecule has 1 N–H and O–H groups in total. The van der Waals surface area contributed by atoms with Crippen LogP contribution < -0.4 is 10.1 Å². The van der Waals surface area contributed by atoms with Gasteiger partial charge in [-0.2, -0.15) is 0 Å². The highest BCUT2D eigenvalue weighted by atomic mass is 19.3. The molecular weight excluding hydrogens is 212 g/mol. The fraction of sp³-hybridized carbons (Fsp3) is 0.500. The van der Waals surface area contributed by atoms with Crippen molar-refractivity contribution in [1.29, 1.82) is 0 Å². The molecule has 1 heterocycles. The smallest absolute Gasteiger partial charge is 0.278 e. The molecule has 2 rings (SSSR count). The molecule has 0 saturated carbocycles. The van der Waals surface area contributed by atoms with Gasteiger partial charge in [-0.25, -0.2) is 8.78 Å². The monoisotopic (exact) mass is 227 g/mol. The maximum Gasteiger partial charge on any atom is 0.278 e. The Morgan fingerprint density at radius 3 is 3.00 bits per heavy atom. The summed E-state index contributed by atoms with van der Waals surface area (Å²) in [5.74, 6) is -2.27. The van der Waals surface area contributed by atoms with Crippen LogP contribution in [0.2, 0.25) is 0 Å². The fourth-order valence-electron chi connectivity index (χ4n) is 1.80. The number of para-hydroxylation sites is 1. The number of rotatable bonds is 3. The first-order valence-corrected chi connectivity index (χ1v) is 5.43. The number of anilines is 1. The third-order valence-corrected chi connectivity index (χ3v) is 2.52. The number of fused-ring (bicyclic) bond motifs is 1. The van der Waals surface area contributed by atoms with Crippen molar-refractivity contribution in [3.8, 4) is 5.75 Å². The van der Waals surface area contributed by atoms with Gasteiger partial charge in [0.2, 0.25) is 0 Å². The van der Waals surface area contributed by atoms with Crippen molar-refractivity contribution in [2.75, 3.05) is 18.5 Å². The van der Waals surface area contributed by atoms with Crippen LogP contribution in [-0.4, -0.2) is 19.1 Å². The van der Waals surface area contributed by atoms with Gasteiger partial charge in [-0.05, 0) is 24.5 Å². The van der Waals surface area contributed by atoms with Gasteiger partial charge in [-0.3, -0.25) is 0 Å². The number of alkyl halides is 2. The third-order valence-electron chi connectivity index (χ3n) is 2.52. The molecule has 88 valence electrons. The number of nitrogens with one attached hydrogen (secondary N) is 1. The van der Waals surface area contributed by atoms with Gasteiger partial charge < -0.3 is 10.1 Å². The predicted octanol–water partition coefficient (Wildman–Crippen LogP) is 3.08. The molecule has 0 fully saturated rings. The van der Waals surface area contributed by atoms with E-state index in [1.165, 1.54) is 0 Å². The van der Waals surface area contributed by atoms with E-state index < -0.39 is 12.5 Å². The zero-order valence-electron chi connectivity index (χ0n) is 9.22. The lowest BCUT2D eigenvalue weighted by molar-refractivity contribution is -0.0227. The summed E-state index contributed by atoms with van der Waals surface area (Å²) in [6.07, 6.45) is 2.04. The summed E-state index contributed by atoms with van der Waals surface area (Å²) in [7, 11) is 0. The third kappa shape index (κ3) is 2.62.